The molecule has 3 heteroatoms. The van der Waals surface area contributed by atoms with Crippen LogP contribution in [0.1, 0.15) is 27.0 Å². The lowest BCUT2D eigenvalue weighted by Crippen LogP contribution is -2.03. The summed E-state index contributed by atoms with van der Waals surface area (Å²) < 4.78 is 5.24. The molecule has 0 saturated carbocycles. The molecule has 0 unspecified atom stereocenters. The molecule has 0 atom stereocenters. The summed E-state index contributed by atoms with van der Waals surface area (Å²) in [6.07, 6.45) is 0. The van der Waals surface area contributed by atoms with E-state index in [1.54, 1.807) is 25.3 Å². The number of nitrogens with two attached hydrogens (primary N) is 1. The number of methoxy groups -OCH3 is 1. The third-order valence-electron chi connectivity index (χ3n) is 3.20. The minimum atomic E-state index is -0.0265. The minimum Gasteiger partial charge on any atom is -0.496 e. The van der Waals surface area contributed by atoms with E-state index in [-0.39, 0.29) is 5.78 Å². The fourth-order valence-corrected chi connectivity index (χ4v) is 1.94. The Morgan fingerprint density at radius 3 is 2.26 bits per heavy atom. The molecule has 2 aromatic carbocycles. The van der Waals surface area contributed by atoms with Crippen LogP contribution in [0.25, 0.3) is 0 Å². The van der Waals surface area contributed by atoms with Crippen LogP contribution in [0.15, 0.2) is 36.4 Å². The van der Waals surface area contributed by atoms with Crippen molar-refractivity contribution in [2.75, 3.05) is 12.8 Å². The maximum Gasteiger partial charge on any atom is 0.193 e. The molecule has 0 saturated heterocycles. The van der Waals surface area contributed by atoms with E-state index in [0.717, 1.165) is 16.9 Å². The molecule has 0 aliphatic carbocycles. The lowest BCUT2D eigenvalue weighted by molar-refractivity contribution is 0.103. The van der Waals surface area contributed by atoms with Crippen LogP contribution in [0.3, 0.4) is 0 Å². The van der Waals surface area contributed by atoms with Crippen LogP contribution in [0.5, 0.6) is 5.75 Å². The number of ketones is 1. The van der Waals surface area contributed by atoms with Gasteiger partial charge >= 0.3 is 0 Å². The van der Waals surface area contributed by atoms with E-state index in [4.69, 9.17) is 10.5 Å². The molecular weight excluding hydrogens is 238 g/mol. The maximum atomic E-state index is 12.4. The fourth-order valence-electron chi connectivity index (χ4n) is 1.94. The maximum absolute atomic E-state index is 12.4. The van der Waals surface area contributed by atoms with Gasteiger partial charge in [0.1, 0.15) is 5.75 Å². The summed E-state index contributed by atoms with van der Waals surface area (Å²) >= 11 is 0. The van der Waals surface area contributed by atoms with Gasteiger partial charge in [0, 0.05) is 16.8 Å². The van der Waals surface area contributed by atoms with Gasteiger partial charge in [-0.25, -0.2) is 0 Å². The zero-order valence-corrected chi connectivity index (χ0v) is 11.4. The number of hydrogen-bond donors (Lipinski definition) is 1. The van der Waals surface area contributed by atoms with Crippen molar-refractivity contribution in [3.05, 3.63) is 58.7 Å². The number of carbonyl (C=O) groups excluding carboxylic acids is 1. The topological polar surface area (TPSA) is 52.3 Å². The summed E-state index contributed by atoms with van der Waals surface area (Å²) in [5, 5.41) is 0. The van der Waals surface area contributed by atoms with Gasteiger partial charge in [-0.1, -0.05) is 12.1 Å². The number of nitrogen functional groups attached to an aromatic ring is 1. The molecule has 0 amide bonds. The molecule has 2 N–H and O–H groups in total. The van der Waals surface area contributed by atoms with Gasteiger partial charge in [-0.3, -0.25) is 4.79 Å². The lowest BCUT2D eigenvalue weighted by Gasteiger charge is -2.08. The van der Waals surface area contributed by atoms with Crippen molar-refractivity contribution in [2.45, 2.75) is 13.8 Å². The molecule has 0 fully saturated rings. The fraction of sp³-hybridized carbons (Fsp3) is 0.188. The van der Waals surface area contributed by atoms with E-state index < -0.39 is 0 Å². The van der Waals surface area contributed by atoms with Gasteiger partial charge in [0.2, 0.25) is 0 Å². The van der Waals surface area contributed by atoms with Crippen molar-refractivity contribution in [1.29, 1.82) is 0 Å². The number of aryl methyl sites for hydroxylation is 2. The Morgan fingerprint density at radius 1 is 1.00 bits per heavy atom. The van der Waals surface area contributed by atoms with Gasteiger partial charge < -0.3 is 10.5 Å². The Hall–Kier alpha value is -2.29. The first-order valence-electron chi connectivity index (χ1n) is 6.08. The first-order chi connectivity index (χ1) is 9.02. The highest BCUT2D eigenvalue weighted by Gasteiger charge is 2.11. The molecular formula is C16H17NO2. The predicted octanol–water partition coefficient (Wildman–Crippen LogP) is 3.13. The largest absolute Gasteiger partial charge is 0.496 e. The van der Waals surface area contributed by atoms with Crippen molar-refractivity contribution in [3.8, 4) is 5.75 Å². The van der Waals surface area contributed by atoms with Crippen LogP contribution in [-0.2, 0) is 0 Å². The molecule has 3 nitrogen and oxygen atoms in total. The highest BCUT2D eigenvalue weighted by atomic mass is 16.5. The van der Waals surface area contributed by atoms with Gasteiger partial charge in [-0.15, -0.1) is 0 Å². The van der Waals surface area contributed by atoms with Crippen LogP contribution in [0.4, 0.5) is 5.69 Å². The zero-order valence-electron chi connectivity index (χ0n) is 11.4. The van der Waals surface area contributed by atoms with E-state index >= 15 is 0 Å². The highest BCUT2D eigenvalue weighted by Crippen LogP contribution is 2.22. The monoisotopic (exact) mass is 255 g/mol. The summed E-state index contributed by atoms with van der Waals surface area (Å²) in [5.41, 5.74) is 9.62. The van der Waals surface area contributed by atoms with E-state index in [0.29, 0.717) is 16.8 Å². The number of hydrogen-bond acceptors (Lipinski definition) is 3. The van der Waals surface area contributed by atoms with Gasteiger partial charge in [-0.05, 0) is 49.2 Å². The van der Waals surface area contributed by atoms with E-state index in [1.807, 2.05) is 32.0 Å². The molecule has 2 rings (SSSR count). The summed E-state index contributed by atoms with van der Waals surface area (Å²) in [4.78, 5) is 12.4. The van der Waals surface area contributed by atoms with Crippen LogP contribution in [0, 0.1) is 13.8 Å². The lowest BCUT2D eigenvalue weighted by atomic mass is 9.99. The Kier molecular flexibility index (Phi) is 3.56. The molecule has 0 heterocycles. The number of rotatable bonds is 3. The SMILES string of the molecule is COc1cc(C(=O)c2ccc(N)c(C)c2)ccc1C. The van der Waals surface area contributed by atoms with E-state index in [9.17, 15) is 4.79 Å². The Morgan fingerprint density at radius 2 is 1.63 bits per heavy atom. The van der Waals surface area contributed by atoms with Crippen LogP contribution in [-0.4, -0.2) is 12.9 Å². The Labute approximate surface area is 113 Å². The van der Waals surface area contributed by atoms with Crippen molar-refractivity contribution in [2.24, 2.45) is 0 Å². The molecule has 98 valence electrons. The number of benzene rings is 2. The first-order valence-corrected chi connectivity index (χ1v) is 6.08. The van der Waals surface area contributed by atoms with Crippen molar-refractivity contribution in [1.82, 2.24) is 0 Å². The van der Waals surface area contributed by atoms with Crippen molar-refractivity contribution < 1.29 is 9.53 Å². The average Bonchev–Trinajstić information content (AvgIpc) is 2.41. The average molecular weight is 255 g/mol. The molecule has 0 bridgehead atoms. The molecule has 19 heavy (non-hydrogen) atoms. The second kappa shape index (κ2) is 5.14. The smallest absolute Gasteiger partial charge is 0.193 e. The highest BCUT2D eigenvalue weighted by molar-refractivity contribution is 6.09. The van der Waals surface area contributed by atoms with E-state index in [2.05, 4.69) is 0 Å². The molecule has 0 aliphatic rings. The predicted molar refractivity (Wildman–Crippen MR) is 76.8 cm³/mol. The number of carbonyl (C=O) groups is 1. The van der Waals surface area contributed by atoms with Crippen LogP contribution >= 0.6 is 0 Å². The van der Waals surface area contributed by atoms with Crippen molar-refractivity contribution >= 4 is 11.5 Å². The number of anilines is 1. The third-order valence-corrected chi connectivity index (χ3v) is 3.20. The molecule has 0 aromatic heterocycles. The van der Waals surface area contributed by atoms with Crippen LogP contribution < -0.4 is 10.5 Å². The standard InChI is InChI=1S/C16H17NO2/c1-10-4-5-13(9-15(10)19-3)16(18)12-6-7-14(17)11(2)8-12/h4-9H,17H2,1-3H3. The Bertz CT molecular complexity index is 633. The van der Waals surface area contributed by atoms with Gasteiger partial charge in [0.25, 0.3) is 0 Å². The normalized spacial score (nSPS) is 10.3. The van der Waals surface area contributed by atoms with Gasteiger partial charge in [0.05, 0.1) is 7.11 Å². The third kappa shape index (κ3) is 2.60. The second-order valence-corrected chi connectivity index (χ2v) is 4.58. The first kappa shape index (κ1) is 13.1. The molecule has 0 spiro atoms. The second-order valence-electron chi connectivity index (χ2n) is 4.58. The molecule has 0 aliphatic heterocycles. The van der Waals surface area contributed by atoms with Gasteiger partial charge in [0.15, 0.2) is 5.78 Å². The summed E-state index contributed by atoms with van der Waals surface area (Å²) in [6, 6.07) is 10.8. The van der Waals surface area contributed by atoms with Gasteiger partial charge in [-0.2, -0.15) is 0 Å². The zero-order chi connectivity index (χ0) is 14.0. The van der Waals surface area contributed by atoms with Crippen molar-refractivity contribution in [3.63, 3.8) is 0 Å². The summed E-state index contributed by atoms with van der Waals surface area (Å²) in [6.45, 7) is 3.84. The molecule has 2 aromatic rings. The minimum absolute atomic E-state index is 0.0265. The summed E-state index contributed by atoms with van der Waals surface area (Å²) in [5.74, 6) is 0.694. The number of ether oxygens (including phenoxy) is 1. The van der Waals surface area contributed by atoms with E-state index in [1.165, 1.54) is 0 Å². The quantitative estimate of drug-likeness (QED) is 0.677. The van der Waals surface area contributed by atoms with Crippen LogP contribution in [0.2, 0.25) is 0 Å². The summed E-state index contributed by atoms with van der Waals surface area (Å²) in [7, 11) is 1.60. The molecule has 0 radical (unpaired) electrons. The Balaban J connectivity index is 2.41.